The van der Waals surface area contributed by atoms with E-state index in [0.717, 1.165) is 0 Å². The molecule has 0 fully saturated rings. The van der Waals surface area contributed by atoms with Gasteiger partial charge < -0.3 is 0 Å². The Labute approximate surface area is 265 Å². The fourth-order valence-electron chi connectivity index (χ4n) is 6.20. The van der Waals surface area contributed by atoms with Crippen LogP contribution in [0.25, 0.3) is 0 Å². The quantitative estimate of drug-likeness (QED) is 0.133. The normalized spacial score (nSPS) is 10.9. The second-order valence-corrected chi connectivity index (χ2v) is 12.8. The summed E-state index contributed by atoms with van der Waals surface area (Å²) in [5, 5.41) is 0. The molecule has 0 unspecified atom stereocenters. The first kappa shape index (κ1) is 29.0. The van der Waals surface area contributed by atoms with Crippen molar-refractivity contribution in [3.05, 3.63) is 212 Å². The lowest BCUT2D eigenvalue weighted by atomic mass is 9.13. The first-order valence-electron chi connectivity index (χ1n) is 15.1. The third kappa shape index (κ3) is 6.32. The molecule has 0 nitrogen and oxygen atoms in total. The smallest absolute Gasteiger partial charge is 0.166 e. The average molecular weight is 583 g/mol. The molecule has 0 spiro atoms. The first-order chi connectivity index (χ1) is 21.9. The van der Waals surface area contributed by atoms with Gasteiger partial charge in [-0.25, -0.2) is 0 Å². The highest BCUT2D eigenvalue weighted by molar-refractivity contribution is 7.97. The summed E-state index contributed by atoms with van der Waals surface area (Å²) in [5.74, 6) is 0. The van der Waals surface area contributed by atoms with Crippen molar-refractivity contribution in [1.82, 2.24) is 0 Å². The molecule has 0 N–H and O–H groups in total. The Morgan fingerprint density at radius 2 is 0.409 bits per heavy atom. The van der Waals surface area contributed by atoms with E-state index in [2.05, 4.69) is 212 Å². The third-order valence-corrected chi connectivity index (χ3v) is 10.4. The van der Waals surface area contributed by atoms with E-state index in [9.17, 15) is 0 Å². The van der Waals surface area contributed by atoms with Crippen LogP contribution in [0, 0.1) is 0 Å². The molecule has 0 aliphatic rings. The Kier molecular flexibility index (Phi) is 9.52. The highest BCUT2D eigenvalue weighted by Crippen LogP contribution is 2.30. The van der Waals surface area contributed by atoms with Gasteiger partial charge in [0.15, 0.2) is 14.7 Å². The predicted octanol–water partition coefficient (Wildman–Crippen LogP) is 7.85. The van der Waals surface area contributed by atoms with Gasteiger partial charge in [-0.05, 0) is 36.4 Å². The Morgan fingerprint density at radius 3 is 0.614 bits per heavy atom. The van der Waals surface area contributed by atoms with E-state index >= 15 is 0 Å². The summed E-state index contributed by atoms with van der Waals surface area (Å²) in [6.45, 7) is 0. The molecule has 0 amide bonds. The minimum absolute atomic E-state index is 0.0146. The minimum Gasteiger partial charge on any atom is -0.195 e. The van der Waals surface area contributed by atoms with Gasteiger partial charge in [0.2, 0.25) is 0 Å². The number of hydrogen-bond acceptors (Lipinski definition) is 0. The molecule has 0 aliphatic carbocycles. The van der Waals surface area contributed by atoms with Gasteiger partial charge in [-0.2, -0.15) is 21.9 Å². The van der Waals surface area contributed by atoms with Gasteiger partial charge in [0.25, 0.3) is 0 Å². The first-order valence-corrected chi connectivity index (χ1v) is 16.4. The van der Waals surface area contributed by atoms with E-state index < -0.39 is 6.15 Å². The topological polar surface area (TPSA) is 0 Å². The molecule has 44 heavy (non-hydrogen) atoms. The summed E-state index contributed by atoms with van der Waals surface area (Å²) in [7, 11) is -0.0146. The summed E-state index contributed by atoms with van der Waals surface area (Å²) in [4.78, 5) is 4.08. The van der Waals surface area contributed by atoms with Crippen LogP contribution in [0.3, 0.4) is 0 Å². The van der Waals surface area contributed by atoms with E-state index in [1.54, 1.807) is 0 Å². The fourth-order valence-corrected chi connectivity index (χ4v) is 8.30. The molecule has 0 radical (unpaired) electrons. The van der Waals surface area contributed by atoms with Crippen LogP contribution in [0.15, 0.2) is 227 Å². The average Bonchev–Trinajstić information content (AvgIpc) is 3.12. The van der Waals surface area contributed by atoms with Crippen molar-refractivity contribution in [1.29, 1.82) is 0 Å². The summed E-state index contributed by atoms with van der Waals surface area (Å²) < 4.78 is 0. The molecule has 0 heterocycles. The molecule has 0 saturated carbocycles. The summed E-state index contributed by atoms with van der Waals surface area (Å²) in [6, 6.07) is 75.7. The largest absolute Gasteiger partial charge is 0.195 e. The maximum absolute atomic E-state index is 2.26. The van der Waals surface area contributed by atoms with Gasteiger partial charge in [-0.3, -0.25) is 0 Å². The zero-order valence-corrected chi connectivity index (χ0v) is 25.5. The highest BCUT2D eigenvalue weighted by atomic mass is 32.2. The van der Waals surface area contributed by atoms with Crippen LogP contribution in [0.5, 0.6) is 0 Å². The molecule has 0 atom stereocenters. The van der Waals surface area contributed by atoms with Crippen molar-refractivity contribution in [2.45, 2.75) is 14.7 Å². The second kappa shape index (κ2) is 14.4. The summed E-state index contributed by atoms with van der Waals surface area (Å²) >= 11 is 0. The van der Waals surface area contributed by atoms with Crippen LogP contribution < -0.4 is 21.9 Å². The van der Waals surface area contributed by atoms with Crippen LogP contribution in [0.2, 0.25) is 0 Å². The van der Waals surface area contributed by atoms with Gasteiger partial charge in [-0.1, -0.05) is 176 Å². The van der Waals surface area contributed by atoms with Gasteiger partial charge >= 0.3 is 0 Å². The zero-order valence-electron chi connectivity index (χ0n) is 24.7. The van der Waals surface area contributed by atoms with Gasteiger partial charge in [0.05, 0.1) is 10.9 Å². The SMILES string of the molecule is c1ccc([B-](c2ccccc2)(c2ccccc2)c2ccccc2)cc1.c1ccc([S+](c2ccccc2)c2ccccc2)cc1. The van der Waals surface area contributed by atoms with E-state index in [4.69, 9.17) is 0 Å². The number of hydrogen-bond donors (Lipinski definition) is 0. The minimum atomic E-state index is -1.22. The highest BCUT2D eigenvalue weighted by Gasteiger charge is 2.31. The van der Waals surface area contributed by atoms with Gasteiger partial charge in [0.1, 0.15) is 6.15 Å². The van der Waals surface area contributed by atoms with E-state index in [1.807, 2.05) is 0 Å². The van der Waals surface area contributed by atoms with Gasteiger partial charge in [0, 0.05) is 0 Å². The lowest BCUT2D eigenvalue weighted by molar-refractivity contribution is 1.32. The lowest BCUT2D eigenvalue weighted by Gasteiger charge is -2.44. The molecule has 0 aromatic heterocycles. The van der Waals surface area contributed by atoms with Crippen molar-refractivity contribution in [2.24, 2.45) is 0 Å². The number of benzene rings is 7. The lowest BCUT2D eigenvalue weighted by Crippen LogP contribution is -2.74. The van der Waals surface area contributed by atoms with Crippen LogP contribution in [0.4, 0.5) is 0 Å². The van der Waals surface area contributed by atoms with Crippen molar-refractivity contribution < 1.29 is 0 Å². The molecule has 7 rings (SSSR count). The fraction of sp³-hybridized carbons (Fsp3) is 0. The van der Waals surface area contributed by atoms with E-state index in [0.29, 0.717) is 0 Å². The molecule has 0 bridgehead atoms. The maximum Gasteiger partial charge on any atom is 0.166 e. The van der Waals surface area contributed by atoms with Crippen molar-refractivity contribution in [3.63, 3.8) is 0 Å². The summed E-state index contributed by atoms with van der Waals surface area (Å²) in [6.07, 6.45) is -1.22. The number of rotatable bonds is 7. The zero-order chi connectivity index (χ0) is 29.9. The molecule has 0 aliphatic heterocycles. The van der Waals surface area contributed by atoms with Crippen molar-refractivity contribution in [3.8, 4) is 0 Å². The molecule has 212 valence electrons. The predicted molar refractivity (Wildman–Crippen MR) is 192 cm³/mol. The van der Waals surface area contributed by atoms with Crippen LogP contribution in [0.1, 0.15) is 0 Å². The van der Waals surface area contributed by atoms with E-state index in [-0.39, 0.29) is 10.9 Å². The molecular formula is C42H35BS. The van der Waals surface area contributed by atoms with E-state index in [1.165, 1.54) is 36.5 Å². The Morgan fingerprint density at radius 1 is 0.227 bits per heavy atom. The summed E-state index contributed by atoms with van der Waals surface area (Å²) in [5.41, 5.74) is 5.36. The molecule has 7 aromatic carbocycles. The van der Waals surface area contributed by atoms with Crippen molar-refractivity contribution in [2.75, 3.05) is 0 Å². The van der Waals surface area contributed by atoms with Crippen LogP contribution >= 0.6 is 0 Å². The van der Waals surface area contributed by atoms with Crippen LogP contribution in [-0.4, -0.2) is 6.15 Å². The second-order valence-electron chi connectivity index (χ2n) is 10.8. The van der Waals surface area contributed by atoms with Gasteiger partial charge in [-0.15, -0.1) is 0 Å². The molecule has 0 saturated heterocycles. The standard InChI is InChI=1S/C24H20B.C18H15S/c1-5-13-21(14-6-1)25(22-15-7-2-8-16-22,23-17-9-3-10-18-23)24-19-11-4-12-20-24;1-4-10-16(11-5-1)19(17-12-6-2-7-13-17)18-14-8-3-9-15-18/h1-20H;1-15H/q-1;+1. The Hall–Kier alpha value is -5.05. The maximum atomic E-state index is 2.26. The van der Waals surface area contributed by atoms with Crippen molar-refractivity contribution >= 4 is 38.9 Å². The molecule has 7 aromatic rings. The molecular weight excluding hydrogens is 547 g/mol. The third-order valence-electron chi connectivity index (χ3n) is 8.14. The monoisotopic (exact) mass is 582 g/mol. The Bertz CT molecular complexity index is 1550. The van der Waals surface area contributed by atoms with Crippen LogP contribution in [-0.2, 0) is 10.9 Å². The Balaban J connectivity index is 0.000000162. The molecule has 2 heteroatoms.